The number of hydrogen-bond donors (Lipinski definition) is 2. The van der Waals surface area contributed by atoms with Gasteiger partial charge in [0, 0.05) is 18.7 Å². The maximum Gasteiger partial charge on any atom is 0.106 e. The molecule has 1 heterocycles. The average molecular weight is 251 g/mol. The summed E-state index contributed by atoms with van der Waals surface area (Å²) < 4.78 is 5.31. The molecule has 1 saturated heterocycles. The first-order valence-corrected chi connectivity index (χ1v) is 6.08. The highest BCUT2D eigenvalue weighted by molar-refractivity contribution is 7.80. The van der Waals surface area contributed by atoms with E-state index in [0.29, 0.717) is 4.99 Å². The summed E-state index contributed by atoms with van der Waals surface area (Å²) >= 11 is 5.07. The molecule has 0 amide bonds. The Morgan fingerprint density at radius 1 is 1.41 bits per heavy atom. The highest BCUT2D eigenvalue weighted by Crippen LogP contribution is 2.21. The van der Waals surface area contributed by atoms with Gasteiger partial charge in [-0.3, -0.25) is 0 Å². The van der Waals surface area contributed by atoms with E-state index in [4.69, 9.17) is 22.7 Å². The van der Waals surface area contributed by atoms with Crippen molar-refractivity contribution in [3.63, 3.8) is 0 Å². The van der Waals surface area contributed by atoms with E-state index in [1.807, 2.05) is 25.1 Å². The fourth-order valence-electron chi connectivity index (χ4n) is 1.85. The Morgan fingerprint density at radius 2 is 2.12 bits per heavy atom. The number of para-hydroxylation sites is 1. The topological polar surface area (TPSA) is 50.5 Å². The second kappa shape index (κ2) is 5.44. The van der Waals surface area contributed by atoms with Gasteiger partial charge in [-0.15, -0.1) is 0 Å². The van der Waals surface area contributed by atoms with Gasteiger partial charge >= 0.3 is 0 Å². The highest BCUT2D eigenvalue weighted by atomic mass is 32.1. The molecule has 17 heavy (non-hydrogen) atoms. The lowest BCUT2D eigenvalue weighted by atomic mass is 10.1. The van der Waals surface area contributed by atoms with Gasteiger partial charge in [-0.05, 0) is 18.6 Å². The molecule has 92 valence electrons. The Morgan fingerprint density at radius 3 is 2.76 bits per heavy atom. The number of morpholine rings is 1. The van der Waals surface area contributed by atoms with Gasteiger partial charge in [0.15, 0.2) is 0 Å². The van der Waals surface area contributed by atoms with Crippen molar-refractivity contribution >= 4 is 22.9 Å². The van der Waals surface area contributed by atoms with Crippen molar-refractivity contribution in [3.05, 3.63) is 29.3 Å². The molecular formula is C12H17N3OS. The van der Waals surface area contributed by atoms with E-state index in [2.05, 4.69) is 10.4 Å². The number of anilines is 1. The first-order valence-electron chi connectivity index (χ1n) is 5.67. The number of aryl methyl sites for hydroxylation is 1. The standard InChI is InChI=1S/C12H17N3OS/c1-9-3-2-4-10(12(13)17)11(9)14-15-5-7-16-8-6-15/h2-4,14H,5-8H2,1H3,(H2,13,17). The van der Waals surface area contributed by atoms with Gasteiger partial charge in [-0.1, -0.05) is 24.4 Å². The number of hydrogen-bond acceptors (Lipinski definition) is 4. The lowest BCUT2D eigenvalue weighted by molar-refractivity contribution is 0.0496. The van der Waals surface area contributed by atoms with Crippen molar-refractivity contribution in [2.45, 2.75) is 6.92 Å². The maximum absolute atomic E-state index is 5.74. The van der Waals surface area contributed by atoms with Gasteiger partial charge < -0.3 is 15.9 Å². The SMILES string of the molecule is Cc1cccc(C(N)=S)c1NN1CCOCC1. The second-order valence-electron chi connectivity index (χ2n) is 4.07. The van der Waals surface area contributed by atoms with Gasteiger partial charge in [0.1, 0.15) is 4.99 Å². The molecular weight excluding hydrogens is 234 g/mol. The number of nitrogens with zero attached hydrogens (tertiary/aromatic N) is 1. The highest BCUT2D eigenvalue weighted by Gasteiger charge is 2.14. The molecule has 0 spiro atoms. The molecule has 4 nitrogen and oxygen atoms in total. The number of nitrogens with one attached hydrogen (secondary N) is 1. The molecule has 5 heteroatoms. The largest absolute Gasteiger partial charge is 0.389 e. The first-order chi connectivity index (χ1) is 8.18. The Kier molecular flexibility index (Phi) is 3.93. The molecule has 0 radical (unpaired) electrons. The fraction of sp³-hybridized carbons (Fsp3) is 0.417. The molecule has 1 aromatic rings. The van der Waals surface area contributed by atoms with Crippen molar-refractivity contribution in [1.29, 1.82) is 0 Å². The van der Waals surface area contributed by atoms with Crippen LogP contribution in [-0.4, -0.2) is 36.3 Å². The lowest BCUT2D eigenvalue weighted by Crippen LogP contribution is -2.40. The van der Waals surface area contributed by atoms with Crippen LogP contribution in [0.1, 0.15) is 11.1 Å². The van der Waals surface area contributed by atoms with Crippen LogP contribution in [0.4, 0.5) is 5.69 Å². The minimum Gasteiger partial charge on any atom is -0.389 e. The van der Waals surface area contributed by atoms with Crippen LogP contribution in [0, 0.1) is 6.92 Å². The first kappa shape index (κ1) is 12.3. The molecule has 0 saturated carbocycles. The molecule has 0 atom stereocenters. The molecule has 0 aromatic heterocycles. The molecule has 0 bridgehead atoms. The smallest absolute Gasteiger partial charge is 0.106 e. The number of benzene rings is 1. The summed E-state index contributed by atoms with van der Waals surface area (Å²) in [6.07, 6.45) is 0. The van der Waals surface area contributed by atoms with Crippen molar-refractivity contribution < 1.29 is 4.74 Å². The van der Waals surface area contributed by atoms with E-state index >= 15 is 0 Å². The van der Waals surface area contributed by atoms with E-state index in [9.17, 15) is 0 Å². The van der Waals surface area contributed by atoms with Crippen molar-refractivity contribution in [1.82, 2.24) is 5.01 Å². The van der Waals surface area contributed by atoms with Crippen molar-refractivity contribution in [2.75, 3.05) is 31.7 Å². The van der Waals surface area contributed by atoms with E-state index in [0.717, 1.165) is 43.1 Å². The van der Waals surface area contributed by atoms with E-state index in [-0.39, 0.29) is 0 Å². The Balaban J connectivity index is 2.21. The summed E-state index contributed by atoms with van der Waals surface area (Å²) in [6.45, 7) is 5.28. The molecule has 2 rings (SSSR count). The molecule has 1 fully saturated rings. The monoisotopic (exact) mass is 251 g/mol. The van der Waals surface area contributed by atoms with Gasteiger partial charge in [-0.25, -0.2) is 5.01 Å². The van der Waals surface area contributed by atoms with E-state index in [1.54, 1.807) is 0 Å². The van der Waals surface area contributed by atoms with Crippen LogP contribution in [-0.2, 0) is 4.74 Å². The summed E-state index contributed by atoms with van der Waals surface area (Å²) in [5.74, 6) is 0. The van der Waals surface area contributed by atoms with Gasteiger partial charge in [0.25, 0.3) is 0 Å². The number of thiocarbonyl (C=S) groups is 1. The zero-order chi connectivity index (χ0) is 12.3. The number of rotatable bonds is 3. The third-order valence-electron chi connectivity index (χ3n) is 2.82. The summed E-state index contributed by atoms with van der Waals surface area (Å²) in [5.41, 5.74) is 12.2. The van der Waals surface area contributed by atoms with Crippen molar-refractivity contribution in [3.8, 4) is 0 Å². The molecule has 1 aliphatic heterocycles. The molecule has 3 N–H and O–H groups in total. The fourth-order valence-corrected chi connectivity index (χ4v) is 2.02. The van der Waals surface area contributed by atoms with Gasteiger partial charge in [0.05, 0.1) is 18.9 Å². The molecule has 1 aliphatic rings. The summed E-state index contributed by atoms with van der Waals surface area (Å²) in [5, 5.41) is 2.13. The van der Waals surface area contributed by atoms with E-state index < -0.39 is 0 Å². The maximum atomic E-state index is 5.74. The van der Waals surface area contributed by atoms with Crippen molar-refractivity contribution in [2.24, 2.45) is 5.73 Å². The van der Waals surface area contributed by atoms with Crippen LogP contribution in [0.2, 0.25) is 0 Å². The van der Waals surface area contributed by atoms with E-state index in [1.165, 1.54) is 0 Å². The van der Waals surface area contributed by atoms with Crippen LogP contribution in [0.5, 0.6) is 0 Å². The number of hydrazine groups is 1. The van der Waals surface area contributed by atoms with Gasteiger partial charge in [0.2, 0.25) is 0 Å². The summed E-state index contributed by atoms with van der Waals surface area (Å²) in [6, 6.07) is 5.96. The number of nitrogens with two attached hydrogens (primary N) is 1. The molecule has 1 aromatic carbocycles. The zero-order valence-electron chi connectivity index (χ0n) is 9.90. The molecule has 0 aliphatic carbocycles. The third-order valence-corrected chi connectivity index (χ3v) is 3.04. The van der Waals surface area contributed by atoms with Crippen LogP contribution >= 0.6 is 12.2 Å². The normalized spacial score (nSPS) is 16.8. The van der Waals surface area contributed by atoms with Crippen LogP contribution in [0.3, 0.4) is 0 Å². The minimum atomic E-state index is 0.421. The summed E-state index contributed by atoms with van der Waals surface area (Å²) in [4.78, 5) is 0.421. The predicted octanol–water partition coefficient (Wildman–Crippen LogP) is 1.29. The predicted molar refractivity (Wildman–Crippen MR) is 73.1 cm³/mol. The van der Waals surface area contributed by atoms with Crippen LogP contribution in [0.15, 0.2) is 18.2 Å². The number of ether oxygens (including phenoxy) is 1. The quantitative estimate of drug-likeness (QED) is 0.793. The second-order valence-corrected chi connectivity index (χ2v) is 4.51. The molecule has 0 unspecified atom stereocenters. The Hall–Kier alpha value is -1.17. The minimum absolute atomic E-state index is 0.421. The van der Waals surface area contributed by atoms with Gasteiger partial charge in [-0.2, -0.15) is 0 Å². The van der Waals surface area contributed by atoms with Crippen LogP contribution in [0.25, 0.3) is 0 Å². The average Bonchev–Trinajstić information content (AvgIpc) is 2.33. The third kappa shape index (κ3) is 2.94. The lowest BCUT2D eigenvalue weighted by Gasteiger charge is -2.29. The van der Waals surface area contributed by atoms with Crippen LogP contribution < -0.4 is 11.2 Å². The summed E-state index contributed by atoms with van der Waals surface area (Å²) in [7, 11) is 0. The zero-order valence-corrected chi connectivity index (χ0v) is 10.7. The Bertz CT molecular complexity index is 416. The Labute approximate surface area is 107 Å².